The van der Waals surface area contributed by atoms with Crippen LogP contribution in [0.4, 0.5) is 13.2 Å². The predicted molar refractivity (Wildman–Crippen MR) is 73.4 cm³/mol. The molecule has 0 unspecified atom stereocenters. The first-order valence-electron chi connectivity index (χ1n) is 6.02. The normalized spacial score (nSPS) is 11.1. The number of benzene rings is 1. The smallest absolute Gasteiger partial charge is 0.222 e. The highest BCUT2D eigenvalue weighted by Crippen LogP contribution is 2.31. The fourth-order valence-corrected chi connectivity index (χ4v) is 2.28. The number of rotatable bonds is 4. The molecule has 0 atom stereocenters. The van der Waals surface area contributed by atoms with Crippen LogP contribution in [0.1, 0.15) is 12.1 Å². The van der Waals surface area contributed by atoms with Crippen molar-refractivity contribution >= 4 is 11.8 Å². The lowest BCUT2D eigenvalue weighted by atomic mass is 10.1. The van der Waals surface area contributed by atoms with Crippen molar-refractivity contribution in [3.8, 4) is 17.3 Å². The van der Waals surface area contributed by atoms with Crippen LogP contribution >= 0.6 is 11.8 Å². The topological polar surface area (TPSA) is 49.6 Å². The van der Waals surface area contributed by atoms with Gasteiger partial charge in [0.2, 0.25) is 0 Å². The Kier molecular flexibility index (Phi) is 4.81. The number of halogens is 3. The van der Waals surface area contributed by atoms with Crippen molar-refractivity contribution in [3.05, 3.63) is 42.1 Å². The van der Waals surface area contributed by atoms with Crippen molar-refractivity contribution < 1.29 is 13.2 Å². The lowest BCUT2D eigenvalue weighted by Gasteiger charge is -2.10. The number of thioether (sulfide) groups is 1. The van der Waals surface area contributed by atoms with Gasteiger partial charge in [0, 0.05) is 17.7 Å². The summed E-state index contributed by atoms with van der Waals surface area (Å²) in [6.45, 7) is 0. The minimum Gasteiger partial charge on any atom is -0.222 e. The fourth-order valence-electron chi connectivity index (χ4n) is 1.58. The predicted octanol–water partition coefficient (Wildman–Crippen LogP) is 4.17. The molecule has 0 spiro atoms. The highest BCUT2D eigenvalue weighted by Gasteiger charge is 2.33. The van der Waals surface area contributed by atoms with E-state index in [0.717, 1.165) is 17.8 Å². The maximum atomic E-state index is 12.9. The zero-order valence-corrected chi connectivity index (χ0v) is 11.6. The SMILES string of the molecule is N#CCCSc1nc(-c2ccccc2)cc(C(F)(F)F)n1. The first-order valence-corrected chi connectivity index (χ1v) is 7.00. The van der Waals surface area contributed by atoms with E-state index in [4.69, 9.17) is 5.26 Å². The molecule has 0 bridgehead atoms. The number of hydrogen-bond acceptors (Lipinski definition) is 4. The minimum absolute atomic E-state index is 0.0268. The number of nitrogens with zero attached hydrogens (tertiary/aromatic N) is 3. The molecule has 0 saturated carbocycles. The molecule has 1 aromatic carbocycles. The molecule has 1 aromatic heterocycles. The molecule has 2 aromatic rings. The van der Waals surface area contributed by atoms with Gasteiger partial charge in [-0.3, -0.25) is 0 Å². The third-order valence-electron chi connectivity index (χ3n) is 2.51. The molecular weight excluding hydrogens is 299 g/mol. The van der Waals surface area contributed by atoms with Gasteiger partial charge in [0.25, 0.3) is 0 Å². The van der Waals surface area contributed by atoms with Gasteiger partial charge < -0.3 is 0 Å². The monoisotopic (exact) mass is 309 g/mol. The summed E-state index contributed by atoms with van der Waals surface area (Å²) in [5, 5.41) is 8.50. The maximum absolute atomic E-state index is 12.9. The second kappa shape index (κ2) is 6.59. The van der Waals surface area contributed by atoms with E-state index in [1.165, 1.54) is 0 Å². The van der Waals surface area contributed by atoms with E-state index in [1.807, 2.05) is 6.07 Å². The Morgan fingerprint density at radius 3 is 2.48 bits per heavy atom. The molecule has 7 heteroatoms. The van der Waals surface area contributed by atoms with Crippen molar-refractivity contribution in [1.29, 1.82) is 5.26 Å². The van der Waals surface area contributed by atoms with Crippen LogP contribution in [0.2, 0.25) is 0 Å². The van der Waals surface area contributed by atoms with Gasteiger partial charge in [-0.25, -0.2) is 9.97 Å². The van der Waals surface area contributed by atoms with Crippen molar-refractivity contribution in [2.75, 3.05) is 5.75 Å². The largest absolute Gasteiger partial charge is 0.433 e. The van der Waals surface area contributed by atoms with E-state index in [2.05, 4.69) is 9.97 Å². The van der Waals surface area contributed by atoms with E-state index < -0.39 is 11.9 Å². The summed E-state index contributed by atoms with van der Waals surface area (Å²) in [5.74, 6) is 0.353. The van der Waals surface area contributed by atoms with Crippen molar-refractivity contribution in [2.45, 2.75) is 17.8 Å². The molecule has 3 nitrogen and oxygen atoms in total. The Hall–Kier alpha value is -2.07. The van der Waals surface area contributed by atoms with Gasteiger partial charge in [-0.2, -0.15) is 18.4 Å². The first kappa shape index (κ1) is 15.3. The molecule has 1 heterocycles. The molecule has 0 fully saturated rings. The average molecular weight is 309 g/mol. The molecule has 0 radical (unpaired) electrons. The Morgan fingerprint density at radius 2 is 1.86 bits per heavy atom. The van der Waals surface area contributed by atoms with E-state index in [1.54, 1.807) is 30.3 Å². The van der Waals surface area contributed by atoms with Gasteiger partial charge in [0.15, 0.2) is 5.16 Å². The highest BCUT2D eigenvalue weighted by atomic mass is 32.2. The molecule has 0 N–H and O–H groups in total. The second-order valence-electron chi connectivity index (χ2n) is 4.04. The van der Waals surface area contributed by atoms with Gasteiger partial charge in [-0.1, -0.05) is 42.1 Å². The summed E-state index contributed by atoms with van der Waals surface area (Å²) in [4.78, 5) is 7.65. The molecule has 0 aliphatic carbocycles. The minimum atomic E-state index is -4.53. The summed E-state index contributed by atoms with van der Waals surface area (Å²) in [5.41, 5.74) is -0.166. The van der Waals surface area contributed by atoms with Gasteiger partial charge in [-0.15, -0.1) is 0 Å². The summed E-state index contributed by atoms with van der Waals surface area (Å²) in [7, 11) is 0. The Morgan fingerprint density at radius 1 is 1.14 bits per heavy atom. The number of nitriles is 1. The van der Waals surface area contributed by atoms with Crippen LogP contribution in [0.25, 0.3) is 11.3 Å². The molecule has 0 amide bonds. The zero-order chi connectivity index (χ0) is 15.3. The van der Waals surface area contributed by atoms with Gasteiger partial charge in [0.1, 0.15) is 5.69 Å². The van der Waals surface area contributed by atoms with Crippen LogP contribution in [0.15, 0.2) is 41.6 Å². The molecule has 108 valence electrons. The standard InChI is InChI=1S/C14H10F3N3S/c15-14(16,17)12-9-11(10-5-2-1-3-6-10)19-13(20-12)21-8-4-7-18/h1-3,5-6,9H,4,8H2. The van der Waals surface area contributed by atoms with Crippen LogP contribution in [0.5, 0.6) is 0 Å². The number of aromatic nitrogens is 2. The van der Waals surface area contributed by atoms with Crippen molar-refractivity contribution in [2.24, 2.45) is 0 Å². The molecule has 2 rings (SSSR count). The summed E-state index contributed by atoms with van der Waals surface area (Å²) < 4.78 is 38.7. The van der Waals surface area contributed by atoms with E-state index in [-0.39, 0.29) is 17.3 Å². The van der Waals surface area contributed by atoms with Crippen molar-refractivity contribution in [3.63, 3.8) is 0 Å². The van der Waals surface area contributed by atoms with Crippen LogP contribution in [0, 0.1) is 11.3 Å². The number of alkyl halides is 3. The molecular formula is C14H10F3N3S. The summed E-state index contributed by atoms with van der Waals surface area (Å²) in [6, 6.07) is 11.5. The Balaban J connectivity index is 2.40. The molecule has 0 saturated heterocycles. The Labute approximate surface area is 123 Å². The highest BCUT2D eigenvalue weighted by molar-refractivity contribution is 7.99. The second-order valence-corrected chi connectivity index (χ2v) is 5.10. The lowest BCUT2D eigenvalue weighted by Crippen LogP contribution is -2.10. The van der Waals surface area contributed by atoms with Gasteiger partial charge >= 0.3 is 6.18 Å². The van der Waals surface area contributed by atoms with E-state index in [0.29, 0.717) is 11.3 Å². The molecule has 0 aliphatic heterocycles. The van der Waals surface area contributed by atoms with Crippen LogP contribution < -0.4 is 0 Å². The fraction of sp³-hybridized carbons (Fsp3) is 0.214. The van der Waals surface area contributed by atoms with Gasteiger partial charge in [0.05, 0.1) is 11.8 Å². The van der Waals surface area contributed by atoms with Crippen LogP contribution in [0.3, 0.4) is 0 Å². The molecule has 0 aliphatic rings. The third kappa shape index (κ3) is 4.20. The summed E-state index contributed by atoms with van der Waals surface area (Å²) in [6.07, 6.45) is -4.30. The maximum Gasteiger partial charge on any atom is 0.433 e. The van der Waals surface area contributed by atoms with Crippen LogP contribution in [-0.2, 0) is 6.18 Å². The van der Waals surface area contributed by atoms with E-state index >= 15 is 0 Å². The summed E-state index contributed by atoms with van der Waals surface area (Å²) >= 11 is 1.04. The number of hydrogen-bond donors (Lipinski definition) is 0. The van der Waals surface area contributed by atoms with Gasteiger partial charge in [-0.05, 0) is 6.07 Å². The van der Waals surface area contributed by atoms with Crippen LogP contribution in [-0.4, -0.2) is 15.7 Å². The molecule has 21 heavy (non-hydrogen) atoms. The average Bonchev–Trinajstić information content (AvgIpc) is 2.47. The van der Waals surface area contributed by atoms with Crippen molar-refractivity contribution in [1.82, 2.24) is 9.97 Å². The lowest BCUT2D eigenvalue weighted by molar-refractivity contribution is -0.141. The first-order chi connectivity index (χ1) is 10.0. The zero-order valence-electron chi connectivity index (χ0n) is 10.8. The quantitative estimate of drug-likeness (QED) is 0.483. The Bertz CT molecular complexity index is 651. The third-order valence-corrected chi connectivity index (χ3v) is 3.36. The van der Waals surface area contributed by atoms with E-state index in [9.17, 15) is 13.2 Å².